The quantitative estimate of drug-likeness (QED) is 0.541. The zero-order valence-corrected chi connectivity index (χ0v) is 11.9. The molecule has 1 aromatic rings. The van der Waals surface area contributed by atoms with Gasteiger partial charge in [0.1, 0.15) is 0 Å². The predicted molar refractivity (Wildman–Crippen MR) is 61.3 cm³/mol. The van der Waals surface area contributed by atoms with Crippen molar-refractivity contribution in [3.05, 3.63) is 30.3 Å². The molecule has 1 radical (unpaired) electrons. The molecule has 0 aliphatic carbocycles. The molecule has 0 aliphatic heterocycles. The van der Waals surface area contributed by atoms with Gasteiger partial charge in [0.2, 0.25) is 0 Å². The topological polar surface area (TPSA) is 0 Å². The molecule has 0 fully saturated rings. The number of benzene rings is 1. The van der Waals surface area contributed by atoms with Gasteiger partial charge in [0, 0.05) is 22.4 Å². The third-order valence-corrected chi connectivity index (χ3v) is 8.28. The van der Waals surface area contributed by atoms with Crippen molar-refractivity contribution < 1.29 is 22.4 Å². The summed E-state index contributed by atoms with van der Waals surface area (Å²) in [4.78, 5) is 0. The van der Waals surface area contributed by atoms with E-state index < -0.39 is 6.62 Å². The van der Waals surface area contributed by atoms with Crippen LogP contribution in [0.1, 0.15) is 13.8 Å². The summed E-state index contributed by atoms with van der Waals surface area (Å²) in [7, 11) is 0. The smallest absolute Gasteiger partial charge is 0 e. The van der Waals surface area contributed by atoms with Crippen LogP contribution in [0.2, 0.25) is 0 Å². The molecule has 0 spiro atoms. The molecule has 79 valence electrons. The number of rotatable bonds is 3. The van der Waals surface area contributed by atoms with E-state index in [0.29, 0.717) is 0 Å². The Morgan fingerprint density at radius 2 is 1.54 bits per heavy atom. The molecular formula is C10H16AuClP. The van der Waals surface area contributed by atoms with E-state index in [0.717, 1.165) is 12.3 Å². The maximum atomic E-state index is 6.57. The fourth-order valence-electron chi connectivity index (χ4n) is 1.40. The van der Waals surface area contributed by atoms with Crippen molar-refractivity contribution in [3.8, 4) is 0 Å². The number of hydrogen-bond acceptors (Lipinski definition) is 0. The molecule has 0 amide bonds. The van der Waals surface area contributed by atoms with Gasteiger partial charge in [0.15, 0.2) is 0 Å². The summed E-state index contributed by atoms with van der Waals surface area (Å²) in [5.74, 6) is 0. The Labute approximate surface area is 102 Å². The van der Waals surface area contributed by atoms with E-state index in [4.69, 9.17) is 11.2 Å². The minimum atomic E-state index is -1.60. The number of halogens is 1. The molecule has 0 saturated heterocycles. The minimum Gasteiger partial charge on any atom is 0 e. The van der Waals surface area contributed by atoms with Gasteiger partial charge in [-0.3, -0.25) is 0 Å². The van der Waals surface area contributed by atoms with E-state index in [9.17, 15) is 0 Å². The Bertz CT molecular complexity index is 234. The summed E-state index contributed by atoms with van der Waals surface area (Å²) in [6.45, 7) is 2.78. The summed E-state index contributed by atoms with van der Waals surface area (Å²) in [5, 5.41) is 1.37. The molecule has 0 nitrogen and oxygen atoms in total. The van der Waals surface area contributed by atoms with Crippen molar-refractivity contribution in [2.45, 2.75) is 13.8 Å². The molecule has 0 unspecified atom stereocenters. The van der Waals surface area contributed by atoms with Gasteiger partial charge in [-0.05, 0) is 0 Å². The second-order valence-electron chi connectivity index (χ2n) is 3.04. The van der Waals surface area contributed by atoms with Gasteiger partial charge in [-0.25, -0.2) is 0 Å². The van der Waals surface area contributed by atoms with Crippen LogP contribution in [0.4, 0.5) is 0 Å². The van der Waals surface area contributed by atoms with Crippen LogP contribution in [0.15, 0.2) is 30.3 Å². The standard InChI is InChI=1S/C10H16ClP.Au/c1-3-12(11,4-2)10-8-6-5-7-9-10;/h5-9,12H,3-4H2,1-2H3;. The molecule has 1 rings (SSSR count). The van der Waals surface area contributed by atoms with E-state index in [1.54, 1.807) is 0 Å². The number of hydrogen-bond donors (Lipinski definition) is 0. The zero-order valence-electron chi connectivity index (χ0n) is 7.98. The molecule has 3 heteroatoms. The molecule has 0 atom stereocenters. The van der Waals surface area contributed by atoms with Gasteiger partial charge in [0.05, 0.1) is 0 Å². The first-order valence-corrected chi connectivity index (χ1v) is 7.90. The molecule has 1 aromatic carbocycles. The largest absolute Gasteiger partial charge is 0 e. The van der Waals surface area contributed by atoms with Crippen molar-refractivity contribution >= 4 is 23.2 Å². The summed E-state index contributed by atoms with van der Waals surface area (Å²) >= 11 is 6.57. The third-order valence-electron chi connectivity index (χ3n) is 2.41. The molecule has 0 saturated carbocycles. The SMILES string of the molecule is CC[PH](Cl)(CC)c1ccccc1.[Au]. The Morgan fingerprint density at radius 3 is 1.92 bits per heavy atom. The van der Waals surface area contributed by atoms with E-state index in [-0.39, 0.29) is 22.4 Å². The van der Waals surface area contributed by atoms with E-state index in [1.807, 2.05) is 6.07 Å². The summed E-state index contributed by atoms with van der Waals surface area (Å²) in [6, 6.07) is 10.5. The van der Waals surface area contributed by atoms with Crippen molar-refractivity contribution in [1.82, 2.24) is 0 Å². The normalized spacial score (nSPS) is 11.9. The Hall–Kier alpha value is 0.680. The van der Waals surface area contributed by atoms with Crippen LogP contribution in [0.3, 0.4) is 0 Å². The van der Waals surface area contributed by atoms with Crippen LogP contribution in [0.5, 0.6) is 0 Å². The molecule has 0 aromatic heterocycles. The minimum absolute atomic E-state index is 0. The van der Waals surface area contributed by atoms with Gasteiger partial charge >= 0.3 is 79.7 Å². The summed E-state index contributed by atoms with van der Waals surface area (Å²) in [5.41, 5.74) is 0. The van der Waals surface area contributed by atoms with Crippen LogP contribution in [-0.4, -0.2) is 12.3 Å². The first kappa shape index (κ1) is 13.7. The maximum absolute atomic E-state index is 6.57. The monoisotopic (exact) mass is 399 g/mol. The average Bonchev–Trinajstić information content (AvgIpc) is 2.18. The first-order chi connectivity index (χ1) is 5.73. The van der Waals surface area contributed by atoms with Crippen molar-refractivity contribution in [1.29, 1.82) is 0 Å². The van der Waals surface area contributed by atoms with Crippen molar-refractivity contribution in [2.75, 3.05) is 12.3 Å². The van der Waals surface area contributed by atoms with Crippen LogP contribution < -0.4 is 5.30 Å². The van der Waals surface area contributed by atoms with Gasteiger partial charge in [0.25, 0.3) is 0 Å². The van der Waals surface area contributed by atoms with Gasteiger partial charge in [-0.15, -0.1) is 0 Å². The Balaban J connectivity index is 0.00000144. The molecule has 0 aliphatic rings. The van der Waals surface area contributed by atoms with Crippen LogP contribution >= 0.6 is 17.9 Å². The molecular weight excluding hydrogens is 384 g/mol. The average molecular weight is 400 g/mol. The van der Waals surface area contributed by atoms with E-state index >= 15 is 0 Å². The van der Waals surface area contributed by atoms with E-state index in [2.05, 4.69) is 38.1 Å². The summed E-state index contributed by atoms with van der Waals surface area (Å²) < 4.78 is 0. The molecule has 0 bridgehead atoms. The molecule has 13 heavy (non-hydrogen) atoms. The second kappa shape index (κ2) is 6.22. The van der Waals surface area contributed by atoms with Crippen LogP contribution in [0.25, 0.3) is 0 Å². The van der Waals surface area contributed by atoms with Crippen molar-refractivity contribution in [3.63, 3.8) is 0 Å². The first-order valence-electron chi connectivity index (χ1n) is 4.47. The Kier molecular flexibility index (Phi) is 6.54. The fourth-order valence-corrected chi connectivity index (χ4v) is 3.88. The fraction of sp³-hybridized carbons (Fsp3) is 0.400. The molecule has 0 heterocycles. The predicted octanol–water partition coefficient (Wildman–Crippen LogP) is 3.25. The van der Waals surface area contributed by atoms with Crippen LogP contribution in [0, 0.1) is 0 Å². The van der Waals surface area contributed by atoms with Gasteiger partial charge in [-0.1, -0.05) is 0 Å². The maximum Gasteiger partial charge on any atom is 0 e. The van der Waals surface area contributed by atoms with Crippen molar-refractivity contribution in [2.24, 2.45) is 0 Å². The Morgan fingerprint density at radius 1 is 1.08 bits per heavy atom. The van der Waals surface area contributed by atoms with E-state index in [1.165, 1.54) is 5.30 Å². The second-order valence-corrected chi connectivity index (χ2v) is 9.13. The summed E-state index contributed by atoms with van der Waals surface area (Å²) in [6.07, 6.45) is 2.24. The third kappa shape index (κ3) is 3.38. The molecule has 0 N–H and O–H groups in total. The van der Waals surface area contributed by atoms with Gasteiger partial charge < -0.3 is 0 Å². The van der Waals surface area contributed by atoms with Gasteiger partial charge in [-0.2, -0.15) is 0 Å². The van der Waals surface area contributed by atoms with Crippen LogP contribution in [-0.2, 0) is 22.4 Å². The zero-order chi connectivity index (χ0) is 9.03.